The zero-order chi connectivity index (χ0) is 16.3. The van der Waals surface area contributed by atoms with E-state index in [1.54, 1.807) is 13.1 Å². The van der Waals surface area contributed by atoms with Gasteiger partial charge in [0.25, 0.3) is 0 Å². The molecule has 1 heterocycles. The highest BCUT2D eigenvalue weighted by Gasteiger charge is 2.41. The van der Waals surface area contributed by atoms with Crippen LogP contribution in [0.5, 0.6) is 0 Å². The standard InChI is InChI=1S/C16H19NO5/c1-17-12-8-6-5-7-10(12)9-11(15(18)21-3)13(14(17)20-2)16(19)22-4/h5-9,13-14H,1-4H3. The molecule has 0 fully saturated rings. The number of hydrogen-bond acceptors (Lipinski definition) is 6. The molecule has 2 atom stereocenters. The molecule has 0 bridgehead atoms. The van der Waals surface area contributed by atoms with Gasteiger partial charge in [-0.3, -0.25) is 4.79 Å². The second-order valence-electron chi connectivity index (χ2n) is 4.89. The van der Waals surface area contributed by atoms with Crippen LogP contribution in [0.1, 0.15) is 5.56 Å². The Balaban J connectivity index is 2.66. The summed E-state index contributed by atoms with van der Waals surface area (Å²) < 4.78 is 15.2. The van der Waals surface area contributed by atoms with Crippen molar-refractivity contribution in [1.29, 1.82) is 0 Å². The van der Waals surface area contributed by atoms with Gasteiger partial charge in [-0.1, -0.05) is 18.2 Å². The fraction of sp³-hybridized carbons (Fsp3) is 0.375. The number of fused-ring (bicyclic) bond motifs is 1. The van der Waals surface area contributed by atoms with Gasteiger partial charge in [-0.2, -0.15) is 0 Å². The molecule has 22 heavy (non-hydrogen) atoms. The third-order valence-corrected chi connectivity index (χ3v) is 3.75. The van der Waals surface area contributed by atoms with E-state index in [9.17, 15) is 9.59 Å². The van der Waals surface area contributed by atoms with E-state index in [0.717, 1.165) is 11.3 Å². The Hall–Kier alpha value is -2.34. The molecule has 2 unspecified atom stereocenters. The summed E-state index contributed by atoms with van der Waals surface area (Å²) >= 11 is 0. The summed E-state index contributed by atoms with van der Waals surface area (Å²) in [6, 6.07) is 7.50. The third-order valence-electron chi connectivity index (χ3n) is 3.75. The van der Waals surface area contributed by atoms with Crippen molar-refractivity contribution in [2.45, 2.75) is 6.23 Å². The minimum atomic E-state index is -0.903. The van der Waals surface area contributed by atoms with Crippen molar-refractivity contribution < 1.29 is 23.8 Å². The predicted molar refractivity (Wildman–Crippen MR) is 81.1 cm³/mol. The second kappa shape index (κ2) is 6.62. The van der Waals surface area contributed by atoms with Crippen molar-refractivity contribution in [3.8, 4) is 0 Å². The molecule has 0 radical (unpaired) electrons. The van der Waals surface area contributed by atoms with Gasteiger partial charge in [0.05, 0.1) is 19.8 Å². The van der Waals surface area contributed by atoms with Crippen LogP contribution >= 0.6 is 0 Å². The van der Waals surface area contributed by atoms with Crippen molar-refractivity contribution in [2.75, 3.05) is 33.3 Å². The number of ether oxygens (including phenoxy) is 3. The summed E-state index contributed by atoms with van der Waals surface area (Å²) in [5.41, 5.74) is 1.86. The molecule has 0 amide bonds. The van der Waals surface area contributed by atoms with Gasteiger partial charge in [-0.25, -0.2) is 4.79 Å². The number of carbonyl (C=O) groups is 2. The molecule has 0 saturated heterocycles. The fourth-order valence-electron chi connectivity index (χ4n) is 2.67. The first-order valence-corrected chi connectivity index (χ1v) is 6.77. The predicted octanol–water partition coefficient (Wildman–Crippen LogP) is 1.45. The minimum absolute atomic E-state index is 0.206. The second-order valence-corrected chi connectivity index (χ2v) is 4.89. The number of para-hydroxylation sites is 1. The maximum Gasteiger partial charge on any atom is 0.334 e. The first kappa shape index (κ1) is 16.0. The normalized spacial score (nSPS) is 20.5. The zero-order valence-corrected chi connectivity index (χ0v) is 13.0. The summed E-state index contributed by atoms with van der Waals surface area (Å²) in [4.78, 5) is 26.2. The molecule has 0 spiro atoms. The molecule has 1 aliphatic rings. The lowest BCUT2D eigenvalue weighted by Gasteiger charge is -2.32. The highest BCUT2D eigenvalue weighted by atomic mass is 16.5. The van der Waals surface area contributed by atoms with Crippen LogP contribution in [0.15, 0.2) is 29.8 Å². The Morgan fingerprint density at radius 3 is 2.36 bits per heavy atom. The zero-order valence-electron chi connectivity index (χ0n) is 13.0. The Labute approximate surface area is 129 Å². The van der Waals surface area contributed by atoms with Crippen molar-refractivity contribution >= 4 is 23.7 Å². The van der Waals surface area contributed by atoms with Gasteiger partial charge in [0, 0.05) is 19.8 Å². The van der Waals surface area contributed by atoms with Gasteiger partial charge in [-0.15, -0.1) is 0 Å². The molecular weight excluding hydrogens is 286 g/mol. The Kier molecular flexibility index (Phi) is 4.82. The van der Waals surface area contributed by atoms with Crippen LogP contribution in [0.2, 0.25) is 0 Å². The summed E-state index contributed by atoms with van der Waals surface area (Å²) in [5.74, 6) is -2.04. The average molecular weight is 305 g/mol. The minimum Gasteiger partial charge on any atom is -0.468 e. The van der Waals surface area contributed by atoms with Crippen LogP contribution in [-0.4, -0.2) is 46.5 Å². The summed E-state index contributed by atoms with van der Waals surface area (Å²) in [6.45, 7) is 0. The molecule has 0 saturated carbocycles. The van der Waals surface area contributed by atoms with Gasteiger partial charge in [0.1, 0.15) is 12.1 Å². The molecular formula is C16H19NO5. The number of methoxy groups -OCH3 is 3. The van der Waals surface area contributed by atoms with Gasteiger partial charge in [0.15, 0.2) is 0 Å². The highest BCUT2D eigenvalue weighted by molar-refractivity contribution is 6.01. The number of carbonyl (C=O) groups excluding carboxylic acids is 2. The number of anilines is 1. The topological polar surface area (TPSA) is 65.1 Å². The Morgan fingerprint density at radius 2 is 1.77 bits per heavy atom. The SMILES string of the molecule is COC(=O)C1=Cc2ccccc2N(C)C(OC)C1C(=O)OC. The molecule has 1 aromatic carbocycles. The van der Waals surface area contributed by atoms with Crippen molar-refractivity contribution in [2.24, 2.45) is 5.92 Å². The van der Waals surface area contributed by atoms with Gasteiger partial charge in [-0.05, 0) is 17.7 Å². The molecule has 118 valence electrons. The fourth-order valence-corrected chi connectivity index (χ4v) is 2.67. The van der Waals surface area contributed by atoms with Crippen LogP contribution in [0, 0.1) is 5.92 Å². The maximum atomic E-state index is 12.2. The van der Waals surface area contributed by atoms with Crippen LogP contribution < -0.4 is 4.90 Å². The molecule has 2 rings (SSSR count). The average Bonchev–Trinajstić information content (AvgIpc) is 2.68. The summed E-state index contributed by atoms with van der Waals surface area (Å²) in [7, 11) is 5.85. The molecule has 0 N–H and O–H groups in total. The lowest BCUT2D eigenvalue weighted by atomic mass is 9.96. The van der Waals surface area contributed by atoms with E-state index in [2.05, 4.69) is 0 Å². The van der Waals surface area contributed by atoms with Gasteiger partial charge < -0.3 is 19.1 Å². The van der Waals surface area contributed by atoms with Crippen LogP contribution in [-0.2, 0) is 23.8 Å². The smallest absolute Gasteiger partial charge is 0.334 e. The molecule has 0 aromatic heterocycles. The van der Waals surface area contributed by atoms with E-state index in [0.29, 0.717) is 0 Å². The summed E-state index contributed by atoms with van der Waals surface area (Å²) in [6.07, 6.45) is 0.972. The van der Waals surface area contributed by atoms with Gasteiger partial charge >= 0.3 is 11.9 Å². The molecule has 0 aliphatic carbocycles. The van der Waals surface area contributed by atoms with E-state index in [1.807, 2.05) is 29.2 Å². The lowest BCUT2D eigenvalue weighted by Crippen LogP contribution is -2.44. The van der Waals surface area contributed by atoms with E-state index in [4.69, 9.17) is 14.2 Å². The van der Waals surface area contributed by atoms with Crippen LogP contribution in [0.3, 0.4) is 0 Å². The van der Waals surface area contributed by atoms with E-state index in [1.165, 1.54) is 21.3 Å². The molecule has 1 aliphatic heterocycles. The van der Waals surface area contributed by atoms with E-state index < -0.39 is 24.1 Å². The first-order chi connectivity index (χ1) is 10.5. The first-order valence-electron chi connectivity index (χ1n) is 6.77. The number of rotatable bonds is 3. The Morgan fingerprint density at radius 1 is 1.09 bits per heavy atom. The number of hydrogen-bond donors (Lipinski definition) is 0. The van der Waals surface area contributed by atoms with E-state index >= 15 is 0 Å². The lowest BCUT2D eigenvalue weighted by molar-refractivity contribution is -0.151. The highest BCUT2D eigenvalue weighted by Crippen LogP contribution is 2.34. The quantitative estimate of drug-likeness (QED) is 0.788. The Bertz CT molecular complexity index is 610. The van der Waals surface area contributed by atoms with E-state index in [-0.39, 0.29) is 5.57 Å². The van der Waals surface area contributed by atoms with Crippen LogP contribution in [0.4, 0.5) is 5.69 Å². The van der Waals surface area contributed by atoms with Crippen molar-refractivity contribution in [3.05, 3.63) is 35.4 Å². The molecule has 6 heteroatoms. The van der Waals surface area contributed by atoms with Crippen molar-refractivity contribution in [3.63, 3.8) is 0 Å². The number of benzene rings is 1. The summed E-state index contributed by atoms with van der Waals surface area (Å²) in [5, 5.41) is 0. The largest absolute Gasteiger partial charge is 0.468 e. The van der Waals surface area contributed by atoms with Crippen LogP contribution in [0.25, 0.3) is 6.08 Å². The van der Waals surface area contributed by atoms with Gasteiger partial charge in [0.2, 0.25) is 0 Å². The molecule has 6 nitrogen and oxygen atoms in total. The number of esters is 2. The monoisotopic (exact) mass is 305 g/mol. The van der Waals surface area contributed by atoms with Crippen molar-refractivity contribution in [1.82, 2.24) is 0 Å². The maximum absolute atomic E-state index is 12.2. The third kappa shape index (κ3) is 2.69. The number of nitrogens with zero attached hydrogens (tertiary/aromatic N) is 1. The molecule has 1 aromatic rings.